The van der Waals surface area contributed by atoms with E-state index in [4.69, 9.17) is 26.1 Å². The number of nitrogens with one attached hydrogen (secondary N) is 1. The summed E-state index contributed by atoms with van der Waals surface area (Å²) in [6.45, 7) is 3.26. The van der Waals surface area contributed by atoms with Crippen LogP contribution in [0.3, 0.4) is 0 Å². The van der Waals surface area contributed by atoms with Crippen LogP contribution in [0.4, 0.5) is 4.39 Å². The van der Waals surface area contributed by atoms with E-state index < -0.39 is 17.8 Å². The molecule has 1 fully saturated rings. The van der Waals surface area contributed by atoms with Crippen LogP contribution in [0, 0.1) is 5.82 Å². The molecule has 6 nitrogen and oxygen atoms in total. The Morgan fingerprint density at radius 3 is 2.68 bits per heavy atom. The van der Waals surface area contributed by atoms with Crippen molar-refractivity contribution in [2.45, 2.75) is 6.04 Å². The molecule has 2 aliphatic rings. The standard InChI is InChI=1S/C23H23ClFN3O3/c1-30-23(29)20-19(14-28-9-11-31-12-10-28)26-22(15-5-3-2-4-6-15)27-21(20)17-8-7-16(25)13-18(17)24/h2-8,13,21H,9-12,14H2,1H3,(H,26,27). The molecule has 2 aromatic rings. The highest BCUT2D eigenvalue weighted by Crippen LogP contribution is 2.36. The monoisotopic (exact) mass is 443 g/mol. The number of aliphatic imine (C=N–C) groups is 1. The second-order valence-electron chi connectivity index (χ2n) is 7.31. The first-order valence-corrected chi connectivity index (χ1v) is 10.4. The second kappa shape index (κ2) is 9.60. The van der Waals surface area contributed by atoms with Crippen molar-refractivity contribution >= 4 is 23.4 Å². The average molecular weight is 444 g/mol. The number of carbonyl (C=O) groups is 1. The van der Waals surface area contributed by atoms with Crippen LogP contribution in [0.5, 0.6) is 0 Å². The summed E-state index contributed by atoms with van der Waals surface area (Å²) in [5.74, 6) is -0.342. The quantitative estimate of drug-likeness (QED) is 0.718. The zero-order valence-electron chi connectivity index (χ0n) is 17.1. The highest BCUT2D eigenvalue weighted by molar-refractivity contribution is 6.31. The Morgan fingerprint density at radius 1 is 1.26 bits per heavy atom. The number of hydrogen-bond donors (Lipinski definition) is 1. The molecule has 31 heavy (non-hydrogen) atoms. The maximum atomic E-state index is 13.7. The fourth-order valence-corrected chi connectivity index (χ4v) is 4.02. The SMILES string of the molecule is COC(=O)C1=C(CN2CCOCC2)NC(c2ccccc2)=NC1c1ccc(F)cc1Cl. The predicted molar refractivity (Wildman–Crippen MR) is 117 cm³/mol. The molecule has 1 N–H and O–H groups in total. The van der Waals surface area contributed by atoms with Crippen molar-refractivity contribution < 1.29 is 18.7 Å². The van der Waals surface area contributed by atoms with Crippen molar-refractivity contribution in [1.29, 1.82) is 0 Å². The lowest BCUT2D eigenvalue weighted by Crippen LogP contribution is -2.43. The van der Waals surface area contributed by atoms with E-state index >= 15 is 0 Å². The molecular weight excluding hydrogens is 421 g/mol. The number of amidine groups is 1. The van der Waals surface area contributed by atoms with Gasteiger partial charge in [-0.25, -0.2) is 9.18 Å². The highest BCUT2D eigenvalue weighted by atomic mass is 35.5. The summed E-state index contributed by atoms with van der Waals surface area (Å²) in [6, 6.07) is 13.0. The van der Waals surface area contributed by atoms with Crippen molar-refractivity contribution in [3.05, 3.63) is 81.8 Å². The van der Waals surface area contributed by atoms with Crippen LogP contribution in [0.1, 0.15) is 17.2 Å². The molecule has 8 heteroatoms. The lowest BCUT2D eigenvalue weighted by molar-refractivity contribution is -0.136. The summed E-state index contributed by atoms with van der Waals surface area (Å²) in [5, 5.41) is 3.55. The van der Waals surface area contributed by atoms with Gasteiger partial charge in [-0.2, -0.15) is 0 Å². The molecule has 2 heterocycles. The van der Waals surface area contributed by atoms with Crippen LogP contribution in [0.25, 0.3) is 0 Å². The number of ether oxygens (including phenoxy) is 2. The fraction of sp³-hybridized carbons (Fsp3) is 0.304. The summed E-state index contributed by atoms with van der Waals surface area (Å²) in [4.78, 5) is 19.9. The number of benzene rings is 2. The van der Waals surface area contributed by atoms with E-state index in [2.05, 4.69) is 10.2 Å². The molecule has 1 saturated heterocycles. The molecule has 2 aliphatic heterocycles. The van der Waals surface area contributed by atoms with Gasteiger partial charge in [0.25, 0.3) is 0 Å². The van der Waals surface area contributed by atoms with Gasteiger partial charge in [0.15, 0.2) is 0 Å². The van der Waals surface area contributed by atoms with Crippen LogP contribution in [0.15, 0.2) is 64.8 Å². The molecule has 0 spiro atoms. The molecule has 162 valence electrons. The molecule has 1 atom stereocenters. The van der Waals surface area contributed by atoms with Gasteiger partial charge in [-0.3, -0.25) is 9.89 Å². The Balaban J connectivity index is 1.82. The summed E-state index contributed by atoms with van der Waals surface area (Å²) in [5.41, 5.74) is 2.46. The van der Waals surface area contributed by atoms with E-state index in [0.717, 1.165) is 18.7 Å². The Kier molecular flexibility index (Phi) is 6.65. The Hall–Kier alpha value is -2.74. The minimum atomic E-state index is -0.729. The van der Waals surface area contributed by atoms with Crippen molar-refractivity contribution in [2.75, 3.05) is 40.0 Å². The van der Waals surface area contributed by atoms with Crippen molar-refractivity contribution in [2.24, 2.45) is 4.99 Å². The summed E-state index contributed by atoms with van der Waals surface area (Å²) in [6.07, 6.45) is 0. The normalized spacial score (nSPS) is 19.6. The maximum absolute atomic E-state index is 13.7. The van der Waals surface area contributed by atoms with E-state index in [1.54, 1.807) is 6.07 Å². The number of halogens is 2. The molecule has 0 aliphatic carbocycles. The van der Waals surface area contributed by atoms with Crippen molar-refractivity contribution in [3.63, 3.8) is 0 Å². The third-order valence-corrected chi connectivity index (χ3v) is 5.65. The molecule has 0 radical (unpaired) electrons. The third-order valence-electron chi connectivity index (χ3n) is 5.32. The van der Waals surface area contributed by atoms with Gasteiger partial charge in [0.2, 0.25) is 0 Å². The van der Waals surface area contributed by atoms with Gasteiger partial charge in [0.05, 0.1) is 25.9 Å². The van der Waals surface area contributed by atoms with E-state index in [0.29, 0.717) is 42.4 Å². The van der Waals surface area contributed by atoms with E-state index in [1.165, 1.54) is 19.2 Å². The van der Waals surface area contributed by atoms with Gasteiger partial charge >= 0.3 is 5.97 Å². The number of methoxy groups -OCH3 is 1. The molecule has 4 rings (SSSR count). The predicted octanol–water partition coefficient (Wildman–Crippen LogP) is 3.33. The van der Waals surface area contributed by atoms with Crippen molar-refractivity contribution in [1.82, 2.24) is 10.2 Å². The zero-order valence-corrected chi connectivity index (χ0v) is 17.9. The van der Waals surface area contributed by atoms with Crippen LogP contribution in [0.2, 0.25) is 5.02 Å². The number of hydrogen-bond acceptors (Lipinski definition) is 6. The number of morpholine rings is 1. The summed E-state index contributed by atoms with van der Waals surface area (Å²) < 4.78 is 24.3. The number of carbonyl (C=O) groups excluding carboxylic acids is 1. The van der Waals surface area contributed by atoms with E-state index in [-0.39, 0.29) is 5.02 Å². The largest absolute Gasteiger partial charge is 0.466 e. The molecule has 0 bridgehead atoms. The van der Waals surface area contributed by atoms with Gasteiger partial charge in [-0.1, -0.05) is 48.0 Å². The maximum Gasteiger partial charge on any atom is 0.338 e. The van der Waals surface area contributed by atoms with Crippen LogP contribution >= 0.6 is 11.6 Å². The van der Waals surface area contributed by atoms with Crippen molar-refractivity contribution in [3.8, 4) is 0 Å². The number of nitrogens with zero attached hydrogens (tertiary/aromatic N) is 2. The molecule has 0 amide bonds. The number of esters is 1. The molecule has 2 aromatic carbocycles. The lowest BCUT2D eigenvalue weighted by Gasteiger charge is -2.32. The van der Waals surface area contributed by atoms with Gasteiger partial charge in [-0.15, -0.1) is 0 Å². The first kappa shape index (κ1) is 21.5. The Morgan fingerprint density at radius 2 is 2.00 bits per heavy atom. The summed E-state index contributed by atoms with van der Waals surface area (Å²) in [7, 11) is 1.33. The summed E-state index contributed by atoms with van der Waals surface area (Å²) >= 11 is 6.38. The topological polar surface area (TPSA) is 63.2 Å². The van der Waals surface area contributed by atoms with E-state index in [9.17, 15) is 9.18 Å². The Bertz CT molecular complexity index is 1020. The van der Waals surface area contributed by atoms with Gasteiger partial charge < -0.3 is 14.8 Å². The highest BCUT2D eigenvalue weighted by Gasteiger charge is 2.34. The zero-order chi connectivity index (χ0) is 21.8. The molecule has 1 unspecified atom stereocenters. The number of rotatable bonds is 5. The van der Waals surface area contributed by atoms with Gasteiger partial charge in [0.1, 0.15) is 17.7 Å². The molecule has 0 saturated carbocycles. The third kappa shape index (κ3) is 4.79. The van der Waals surface area contributed by atoms with Crippen LogP contribution < -0.4 is 5.32 Å². The fourth-order valence-electron chi connectivity index (χ4n) is 3.74. The minimum absolute atomic E-state index is 0.204. The average Bonchev–Trinajstić information content (AvgIpc) is 2.79. The van der Waals surface area contributed by atoms with Crippen LogP contribution in [-0.4, -0.2) is 56.7 Å². The van der Waals surface area contributed by atoms with Crippen LogP contribution in [-0.2, 0) is 14.3 Å². The molecular formula is C23H23ClFN3O3. The van der Waals surface area contributed by atoms with E-state index in [1.807, 2.05) is 30.3 Å². The van der Waals surface area contributed by atoms with Gasteiger partial charge in [0, 0.05) is 41.5 Å². The second-order valence-corrected chi connectivity index (χ2v) is 7.72. The Labute approximate surface area is 185 Å². The smallest absolute Gasteiger partial charge is 0.338 e. The first-order valence-electron chi connectivity index (χ1n) is 10.0. The van der Waals surface area contributed by atoms with Gasteiger partial charge in [-0.05, 0) is 12.1 Å². The first-order chi connectivity index (χ1) is 15.1. The molecule has 0 aromatic heterocycles. The minimum Gasteiger partial charge on any atom is -0.466 e. The lowest BCUT2D eigenvalue weighted by atomic mass is 9.94.